The quantitative estimate of drug-likeness (QED) is 0.852. The van der Waals surface area contributed by atoms with Gasteiger partial charge in [0.2, 0.25) is 5.91 Å². The Balaban J connectivity index is 2.41. The lowest BCUT2D eigenvalue weighted by molar-refractivity contribution is -0.121. The van der Waals surface area contributed by atoms with E-state index < -0.39 is 5.54 Å². The van der Waals surface area contributed by atoms with E-state index in [-0.39, 0.29) is 5.91 Å². The zero-order valence-corrected chi connectivity index (χ0v) is 13.7. The van der Waals surface area contributed by atoms with Gasteiger partial charge in [-0.15, -0.1) is 0 Å². The number of benzene rings is 1. The molecule has 1 aromatic heterocycles. The lowest BCUT2D eigenvalue weighted by Gasteiger charge is -2.35. The predicted molar refractivity (Wildman–Crippen MR) is 86.5 cm³/mol. The number of nitrogens with zero attached hydrogens (tertiary/aromatic N) is 3. The summed E-state index contributed by atoms with van der Waals surface area (Å²) >= 11 is 6.00. The molecule has 2 aromatic rings. The number of carbonyl (C=O) groups is 1. The molecule has 0 aliphatic carbocycles. The van der Waals surface area contributed by atoms with Crippen molar-refractivity contribution in [3.05, 3.63) is 47.5 Å². The lowest BCUT2D eigenvalue weighted by atomic mass is 9.84. The van der Waals surface area contributed by atoms with Crippen LogP contribution in [-0.2, 0) is 16.9 Å². The molecule has 0 aliphatic heterocycles. The van der Waals surface area contributed by atoms with Crippen LogP contribution in [-0.4, -0.2) is 20.7 Å². The molecule has 1 N–H and O–H groups in total. The highest BCUT2D eigenvalue weighted by Gasteiger charge is 2.33. The molecule has 1 heterocycles. The number of carbonyl (C=O) groups excluding carboxylic acids is 1. The number of rotatable bonds is 7. The Kier molecular flexibility index (Phi) is 5.55. The summed E-state index contributed by atoms with van der Waals surface area (Å²) in [7, 11) is 0. The summed E-state index contributed by atoms with van der Waals surface area (Å²) in [5.41, 5.74) is 0.510. The minimum atomic E-state index is -0.514. The van der Waals surface area contributed by atoms with Crippen molar-refractivity contribution in [1.82, 2.24) is 20.1 Å². The average molecular weight is 321 g/mol. The van der Waals surface area contributed by atoms with Gasteiger partial charge in [-0.25, -0.2) is 4.98 Å². The highest BCUT2D eigenvalue weighted by Crippen LogP contribution is 2.30. The van der Waals surface area contributed by atoms with Crippen LogP contribution in [0, 0.1) is 0 Å². The molecule has 0 aliphatic rings. The van der Waals surface area contributed by atoms with E-state index >= 15 is 0 Å². The topological polar surface area (TPSA) is 59.8 Å². The molecule has 0 fully saturated rings. The third-order valence-electron chi connectivity index (χ3n) is 3.67. The minimum Gasteiger partial charge on any atom is -0.345 e. The predicted octanol–water partition coefficient (Wildman–Crippen LogP) is 3.15. The first kappa shape index (κ1) is 16.5. The molecule has 22 heavy (non-hydrogen) atoms. The Morgan fingerprint density at radius 1 is 1.36 bits per heavy atom. The third kappa shape index (κ3) is 4.07. The van der Waals surface area contributed by atoms with Gasteiger partial charge in [0.25, 0.3) is 0 Å². The van der Waals surface area contributed by atoms with Crippen LogP contribution in [0.3, 0.4) is 0 Å². The van der Waals surface area contributed by atoms with Gasteiger partial charge in [0.1, 0.15) is 12.7 Å². The second-order valence-electron chi connectivity index (χ2n) is 5.47. The maximum Gasteiger partial charge on any atom is 0.217 e. The van der Waals surface area contributed by atoms with E-state index in [1.165, 1.54) is 13.3 Å². The molecule has 0 spiro atoms. The third-order valence-corrected chi connectivity index (χ3v) is 3.92. The number of halogens is 1. The molecule has 1 unspecified atom stereocenters. The second-order valence-corrected chi connectivity index (χ2v) is 5.90. The van der Waals surface area contributed by atoms with E-state index in [4.69, 9.17) is 11.6 Å². The van der Waals surface area contributed by atoms with Crippen molar-refractivity contribution in [1.29, 1.82) is 0 Å². The highest BCUT2D eigenvalue weighted by molar-refractivity contribution is 6.30. The zero-order chi connectivity index (χ0) is 16.0. The number of hydrogen-bond acceptors (Lipinski definition) is 3. The van der Waals surface area contributed by atoms with Crippen LogP contribution < -0.4 is 5.32 Å². The van der Waals surface area contributed by atoms with E-state index in [0.717, 1.165) is 24.8 Å². The van der Waals surface area contributed by atoms with Crippen LogP contribution in [0.5, 0.6) is 0 Å². The molecule has 1 aromatic carbocycles. The van der Waals surface area contributed by atoms with Gasteiger partial charge >= 0.3 is 0 Å². The van der Waals surface area contributed by atoms with Crippen molar-refractivity contribution in [3.8, 4) is 0 Å². The molecular formula is C16H21ClN4O. The molecule has 2 rings (SSSR count). The fraction of sp³-hybridized carbons (Fsp3) is 0.438. The standard InChI is InChI=1S/C16H21ClN4O/c1-3-4-9-16(20-13(2)22,10-21-12-18-11-19-21)14-5-7-15(17)8-6-14/h5-8,11-12H,3-4,9-10H2,1-2H3,(H,20,22). The largest absolute Gasteiger partial charge is 0.345 e. The molecule has 6 heteroatoms. The van der Waals surface area contributed by atoms with Gasteiger partial charge < -0.3 is 5.32 Å². The first-order valence-electron chi connectivity index (χ1n) is 7.43. The summed E-state index contributed by atoms with van der Waals surface area (Å²) in [6.45, 7) is 4.21. The Bertz CT molecular complexity index is 597. The van der Waals surface area contributed by atoms with Gasteiger partial charge in [-0.05, 0) is 24.1 Å². The monoisotopic (exact) mass is 320 g/mol. The van der Waals surface area contributed by atoms with Crippen molar-refractivity contribution in [2.45, 2.75) is 45.2 Å². The number of amides is 1. The summed E-state index contributed by atoms with van der Waals surface area (Å²) in [6, 6.07) is 7.62. The lowest BCUT2D eigenvalue weighted by Crippen LogP contribution is -2.48. The first-order valence-corrected chi connectivity index (χ1v) is 7.81. The highest BCUT2D eigenvalue weighted by atomic mass is 35.5. The average Bonchev–Trinajstić information content (AvgIpc) is 2.97. The normalized spacial score (nSPS) is 13.6. The van der Waals surface area contributed by atoms with Crippen molar-refractivity contribution in [3.63, 3.8) is 0 Å². The molecule has 0 bridgehead atoms. The van der Waals surface area contributed by atoms with Gasteiger partial charge in [0.15, 0.2) is 0 Å². The molecular weight excluding hydrogens is 300 g/mol. The molecule has 1 amide bonds. The van der Waals surface area contributed by atoms with E-state index in [2.05, 4.69) is 22.3 Å². The van der Waals surface area contributed by atoms with Crippen molar-refractivity contribution in [2.24, 2.45) is 0 Å². The van der Waals surface area contributed by atoms with Gasteiger partial charge in [0.05, 0.1) is 12.1 Å². The van der Waals surface area contributed by atoms with Gasteiger partial charge in [0, 0.05) is 11.9 Å². The summed E-state index contributed by atoms with van der Waals surface area (Å²) in [4.78, 5) is 15.8. The van der Waals surface area contributed by atoms with Crippen LogP contribution in [0.2, 0.25) is 5.02 Å². The zero-order valence-electron chi connectivity index (χ0n) is 12.9. The summed E-state index contributed by atoms with van der Waals surface area (Å²) in [6.07, 6.45) is 6.03. The molecule has 0 saturated heterocycles. The Morgan fingerprint density at radius 3 is 2.64 bits per heavy atom. The van der Waals surface area contributed by atoms with Crippen molar-refractivity contribution < 1.29 is 4.79 Å². The van der Waals surface area contributed by atoms with Crippen LogP contribution in [0.4, 0.5) is 0 Å². The van der Waals surface area contributed by atoms with E-state index in [1.54, 1.807) is 11.0 Å². The maximum atomic E-state index is 11.8. The molecule has 118 valence electrons. The van der Waals surface area contributed by atoms with Gasteiger partial charge in [-0.1, -0.05) is 43.5 Å². The Labute approximate surface area is 135 Å². The molecule has 5 nitrogen and oxygen atoms in total. The minimum absolute atomic E-state index is 0.0637. The summed E-state index contributed by atoms with van der Waals surface area (Å²) < 4.78 is 1.75. The number of hydrogen-bond donors (Lipinski definition) is 1. The SMILES string of the molecule is CCCCC(Cn1cncn1)(NC(C)=O)c1ccc(Cl)cc1. The summed E-state index contributed by atoms with van der Waals surface area (Å²) in [5.74, 6) is -0.0637. The first-order chi connectivity index (χ1) is 10.6. The van der Waals surface area contributed by atoms with Crippen LogP contribution in [0.1, 0.15) is 38.7 Å². The van der Waals surface area contributed by atoms with Crippen LogP contribution in [0.25, 0.3) is 0 Å². The fourth-order valence-electron chi connectivity index (χ4n) is 2.66. The fourth-order valence-corrected chi connectivity index (χ4v) is 2.79. The van der Waals surface area contributed by atoms with Crippen LogP contribution in [0.15, 0.2) is 36.9 Å². The molecule has 0 radical (unpaired) electrons. The van der Waals surface area contributed by atoms with Crippen molar-refractivity contribution >= 4 is 17.5 Å². The maximum absolute atomic E-state index is 11.8. The van der Waals surface area contributed by atoms with E-state index in [1.807, 2.05) is 24.3 Å². The molecule has 0 saturated carbocycles. The number of aromatic nitrogens is 3. The molecule has 1 atom stereocenters. The summed E-state index contributed by atoms with van der Waals surface area (Å²) in [5, 5.41) is 8.00. The van der Waals surface area contributed by atoms with E-state index in [0.29, 0.717) is 11.6 Å². The Morgan fingerprint density at radius 2 is 2.09 bits per heavy atom. The van der Waals surface area contributed by atoms with Gasteiger partial charge in [-0.3, -0.25) is 9.48 Å². The smallest absolute Gasteiger partial charge is 0.217 e. The number of nitrogens with one attached hydrogen (secondary N) is 1. The van der Waals surface area contributed by atoms with Crippen LogP contribution >= 0.6 is 11.6 Å². The number of unbranched alkanes of at least 4 members (excludes halogenated alkanes) is 1. The second kappa shape index (κ2) is 7.40. The van der Waals surface area contributed by atoms with Crippen molar-refractivity contribution in [2.75, 3.05) is 0 Å². The Hall–Kier alpha value is -1.88. The van der Waals surface area contributed by atoms with E-state index in [9.17, 15) is 4.79 Å². The van der Waals surface area contributed by atoms with Gasteiger partial charge in [-0.2, -0.15) is 5.10 Å².